The van der Waals surface area contributed by atoms with Crippen LogP contribution in [-0.4, -0.2) is 23.1 Å². The van der Waals surface area contributed by atoms with E-state index in [9.17, 15) is 4.79 Å². The molecule has 0 spiro atoms. The molecule has 1 heterocycles. The van der Waals surface area contributed by atoms with Crippen LogP contribution in [0.1, 0.15) is 25.7 Å². The molecule has 3 rings (SSSR count). The summed E-state index contributed by atoms with van der Waals surface area (Å²) in [7, 11) is 0. The number of nitrogen functional groups attached to an aromatic ring is 1. The number of rotatable bonds is 3. The van der Waals surface area contributed by atoms with Crippen LogP contribution in [0.15, 0.2) is 18.3 Å². The maximum Gasteiger partial charge on any atom is 0.323 e. The van der Waals surface area contributed by atoms with Crippen molar-refractivity contribution in [3.8, 4) is 0 Å². The highest BCUT2D eigenvalue weighted by atomic mass is 16.2. The third-order valence-corrected chi connectivity index (χ3v) is 3.05. The van der Waals surface area contributed by atoms with Gasteiger partial charge in [-0.25, -0.2) is 9.78 Å². The minimum Gasteiger partial charge on any atom is -0.397 e. The molecule has 0 radical (unpaired) electrons. The Morgan fingerprint density at radius 1 is 1.35 bits per heavy atom. The van der Waals surface area contributed by atoms with E-state index in [0.29, 0.717) is 23.6 Å². The van der Waals surface area contributed by atoms with Gasteiger partial charge < -0.3 is 11.1 Å². The van der Waals surface area contributed by atoms with Gasteiger partial charge in [-0.3, -0.25) is 4.90 Å². The average Bonchev–Trinajstić information content (AvgIpc) is 3.15. The fourth-order valence-electron chi connectivity index (χ4n) is 1.80. The predicted octanol–water partition coefficient (Wildman–Crippen LogP) is 1.50. The van der Waals surface area contributed by atoms with Crippen LogP contribution in [0.25, 0.3) is 0 Å². The molecule has 2 aliphatic rings. The number of aromatic nitrogens is 1. The zero-order valence-corrected chi connectivity index (χ0v) is 9.60. The maximum absolute atomic E-state index is 12.1. The van der Waals surface area contributed by atoms with Gasteiger partial charge in [-0.1, -0.05) is 0 Å². The van der Waals surface area contributed by atoms with Crippen molar-refractivity contribution >= 4 is 17.5 Å². The molecule has 0 saturated heterocycles. The zero-order valence-electron chi connectivity index (χ0n) is 9.60. The summed E-state index contributed by atoms with van der Waals surface area (Å²) < 4.78 is 0. The quantitative estimate of drug-likeness (QED) is 0.829. The second-order valence-corrected chi connectivity index (χ2v) is 4.77. The van der Waals surface area contributed by atoms with E-state index in [1.54, 1.807) is 23.2 Å². The molecule has 5 heteroatoms. The number of nitrogens with one attached hydrogen (secondary N) is 1. The van der Waals surface area contributed by atoms with Gasteiger partial charge in [0.25, 0.3) is 0 Å². The standard InChI is InChI=1S/C12H16N4O/c13-8-1-6-11(14-7-8)16(10-4-5-10)12(17)15-9-2-3-9/h1,6-7,9-10H,2-5,13H2,(H,15,17). The topological polar surface area (TPSA) is 71.2 Å². The Hall–Kier alpha value is -1.78. The maximum atomic E-state index is 12.1. The highest BCUT2D eigenvalue weighted by molar-refractivity contribution is 5.92. The normalized spacial score (nSPS) is 18.8. The lowest BCUT2D eigenvalue weighted by molar-refractivity contribution is 0.245. The lowest BCUT2D eigenvalue weighted by atomic mass is 10.4. The van der Waals surface area contributed by atoms with E-state index in [-0.39, 0.29) is 6.03 Å². The third kappa shape index (κ3) is 2.33. The molecule has 2 amide bonds. The van der Waals surface area contributed by atoms with Gasteiger partial charge in [0.2, 0.25) is 0 Å². The van der Waals surface area contributed by atoms with Gasteiger partial charge in [0.15, 0.2) is 0 Å². The summed E-state index contributed by atoms with van der Waals surface area (Å²) in [6.07, 6.45) is 5.90. The van der Waals surface area contributed by atoms with Gasteiger partial charge in [-0.2, -0.15) is 0 Å². The van der Waals surface area contributed by atoms with Crippen LogP contribution in [0, 0.1) is 0 Å². The van der Waals surface area contributed by atoms with Crippen molar-refractivity contribution in [1.29, 1.82) is 0 Å². The number of pyridine rings is 1. The lowest BCUT2D eigenvalue weighted by Gasteiger charge is -2.21. The Morgan fingerprint density at radius 3 is 2.65 bits per heavy atom. The Bertz CT molecular complexity index is 423. The van der Waals surface area contributed by atoms with E-state index >= 15 is 0 Å². The summed E-state index contributed by atoms with van der Waals surface area (Å²) in [5.74, 6) is 0.694. The molecule has 0 aliphatic heterocycles. The van der Waals surface area contributed by atoms with Crippen LogP contribution in [0.4, 0.5) is 16.3 Å². The van der Waals surface area contributed by atoms with E-state index < -0.39 is 0 Å². The van der Waals surface area contributed by atoms with Crippen molar-refractivity contribution < 1.29 is 4.79 Å². The van der Waals surface area contributed by atoms with Crippen molar-refractivity contribution in [2.24, 2.45) is 0 Å². The predicted molar refractivity (Wildman–Crippen MR) is 65.7 cm³/mol. The first-order valence-electron chi connectivity index (χ1n) is 6.05. The fraction of sp³-hybridized carbons (Fsp3) is 0.500. The molecule has 2 aliphatic carbocycles. The monoisotopic (exact) mass is 232 g/mol. The van der Waals surface area contributed by atoms with Crippen LogP contribution >= 0.6 is 0 Å². The summed E-state index contributed by atoms with van der Waals surface area (Å²) in [5.41, 5.74) is 6.22. The number of carbonyl (C=O) groups excluding carboxylic acids is 1. The van der Waals surface area contributed by atoms with Crippen LogP contribution < -0.4 is 16.0 Å². The summed E-state index contributed by atoms with van der Waals surface area (Å²) in [6, 6.07) is 4.25. The number of nitrogens with two attached hydrogens (primary N) is 1. The SMILES string of the molecule is Nc1ccc(N(C(=O)NC2CC2)C2CC2)nc1. The average molecular weight is 232 g/mol. The lowest BCUT2D eigenvalue weighted by Crippen LogP contribution is -2.43. The molecule has 3 N–H and O–H groups in total. The van der Waals surface area contributed by atoms with E-state index in [1.807, 2.05) is 0 Å². The molecule has 90 valence electrons. The Labute approximate surface area is 100 Å². The molecule has 17 heavy (non-hydrogen) atoms. The van der Waals surface area contributed by atoms with Gasteiger partial charge in [-0.15, -0.1) is 0 Å². The molecule has 1 aromatic heterocycles. The molecular weight excluding hydrogens is 216 g/mol. The number of urea groups is 1. The number of hydrogen-bond donors (Lipinski definition) is 2. The zero-order chi connectivity index (χ0) is 11.8. The molecule has 0 unspecified atom stereocenters. The van der Waals surface area contributed by atoms with Crippen molar-refractivity contribution in [1.82, 2.24) is 10.3 Å². The Morgan fingerprint density at radius 2 is 2.12 bits per heavy atom. The second-order valence-electron chi connectivity index (χ2n) is 4.77. The van der Waals surface area contributed by atoms with Gasteiger partial charge in [0, 0.05) is 12.1 Å². The van der Waals surface area contributed by atoms with Gasteiger partial charge in [0.05, 0.1) is 11.9 Å². The first kappa shape index (κ1) is 10.4. The minimum atomic E-state index is -0.0210. The van der Waals surface area contributed by atoms with Crippen molar-refractivity contribution in [3.05, 3.63) is 18.3 Å². The smallest absolute Gasteiger partial charge is 0.323 e. The molecule has 2 saturated carbocycles. The van der Waals surface area contributed by atoms with Crippen LogP contribution in [-0.2, 0) is 0 Å². The summed E-state index contributed by atoms with van der Waals surface area (Å²) in [4.78, 5) is 18.1. The fourth-order valence-corrected chi connectivity index (χ4v) is 1.80. The van der Waals surface area contributed by atoms with E-state index in [0.717, 1.165) is 25.7 Å². The minimum absolute atomic E-state index is 0.0210. The largest absolute Gasteiger partial charge is 0.397 e. The summed E-state index contributed by atoms with van der Waals surface area (Å²) in [6.45, 7) is 0. The van der Waals surface area contributed by atoms with E-state index in [1.165, 1.54) is 0 Å². The highest BCUT2D eigenvalue weighted by Crippen LogP contribution is 2.31. The molecule has 1 aromatic rings. The summed E-state index contributed by atoms with van der Waals surface area (Å²) >= 11 is 0. The molecular formula is C12H16N4O. The van der Waals surface area contributed by atoms with Crippen LogP contribution in [0.5, 0.6) is 0 Å². The molecule has 5 nitrogen and oxygen atoms in total. The number of hydrogen-bond acceptors (Lipinski definition) is 3. The highest BCUT2D eigenvalue weighted by Gasteiger charge is 2.36. The first-order valence-corrected chi connectivity index (χ1v) is 6.05. The summed E-state index contributed by atoms with van der Waals surface area (Å²) in [5, 5.41) is 3.00. The molecule has 0 aromatic carbocycles. The van der Waals surface area contributed by atoms with E-state index in [4.69, 9.17) is 5.73 Å². The first-order chi connectivity index (χ1) is 8.24. The van der Waals surface area contributed by atoms with Crippen molar-refractivity contribution in [3.63, 3.8) is 0 Å². The van der Waals surface area contributed by atoms with Gasteiger partial charge >= 0.3 is 6.03 Å². The van der Waals surface area contributed by atoms with Gasteiger partial charge in [-0.05, 0) is 37.8 Å². The second kappa shape index (κ2) is 3.91. The third-order valence-electron chi connectivity index (χ3n) is 3.05. The van der Waals surface area contributed by atoms with E-state index in [2.05, 4.69) is 10.3 Å². The Balaban J connectivity index is 1.78. The number of nitrogens with zero attached hydrogens (tertiary/aromatic N) is 2. The molecule has 0 atom stereocenters. The number of carbonyl (C=O) groups is 1. The Kier molecular flexibility index (Phi) is 2.39. The molecule has 2 fully saturated rings. The van der Waals surface area contributed by atoms with Crippen molar-refractivity contribution in [2.75, 3.05) is 10.6 Å². The number of amides is 2. The molecule has 0 bridgehead atoms. The van der Waals surface area contributed by atoms with Gasteiger partial charge in [0.1, 0.15) is 5.82 Å². The van der Waals surface area contributed by atoms with Crippen molar-refractivity contribution in [2.45, 2.75) is 37.8 Å². The number of anilines is 2. The van der Waals surface area contributed by atoms with Crippen LogP contribution in [0.2, 0.25) is 0 Å². The van der Waals surface area contributed by atoms with Crippen LogP contribution in [0.3, 0.4) is 0 Å².